The molecule has 11 nitrogen and oxygen atoms in total. The molecule has 62 heavy (non-hydrogen) atoms. The molecule has 1 saturated carbocycles. The second-order valence-corrected chi connectivity index (χ2v) is 18.4. The number of nitrogens with one attached hydrogen (secondary N) is 3. The molecular weight excluding hydrogens is 779 g/mol. The van der Waals surface area contributed by atoms with Crippen molar-refractivity contribution in [1.29, 1.82) is 0 Å². The first-order valence-electron chi connectivity index (χ1n) is 22.6. The quantitative estimate of drug-likeness (QED) is 0.0588. The van der Waals surface area contributed by atoms with Gasteiger partial charge in [0.05, 0.1) is 36.2 Å². The van der Waals surface area contributed by atoms with Crippen molar-refractivity contribution in [2.24, 2.45) is 5.92 Å². The van der Waals surface area contributed by atoms with Crippen LogP contribution in [-0.4, -0.2) is 58.0 Å². The summed E-state index contributed by atoms with van der Waals surface area (Å²) in [7, 11) is 0. The van der Waals surface area contributed by atoms with Crippen LogP contribution in [0.2, 0.25) is 0 Å². The minimum Gasteiger partial charge on any atom is -0.397 e. The maximum atomic E-state index is 13.9. The van der Waals surface area contributed by atoms with Crippen molar-refractivity contribution in [2.75, 3.05) is 17.6 Å². The van der Waals surface area contributed by atoms with Crippen LogP contribution in [0.3, 0.4) is 0 Å². The van der Waals surface area contributed by atoms with Gasteiger partial charge in [0.1, 0.15) is 0 Å². The van der Waals surface area contributed by atoms with E-state index in [-0.39, 0.29) is 48.1 Å². The highest BCUT2D eigenvalue weighted by molar-refractivity contribution is 5.93. The second-order valence-electron chi connectivity index (χ2n) is 18.4. The standard InChI is InChI=1S/C51H65N5O6/c1-51(2,3)55-49(60)45-27-26-36-13-4-7-19-44(36)56(45)32-41-30-46(37-24-22-34(33-57)23-25-37)62-50(61-41)40-16-11-15-39(29-40)38-14-10-12-35(28-38)31-53-47(58)20-8-9-21-48(59)54-43-18-6-5-17-42(43)52/h5-6,10-12,14-18,22-25,28-29,36,41,44-46,50,57H,4,7-9,13,19-21,26-27,30-33,52H2,1-3H3,(H,53,58)(H,54,59)(H,55,60)/t36-,41-,44-,45-,46+,50+/m1/s1. The molecule has 6 atom stereocenters. The summed E-state index contributed by atoms with van der Waals surface area (Å²) < 4.78 is 13.7. The number of nitrogen functional groups attached to an aromatic ring is 1. The molecule has 3 aliphatic rings. The molecule has 4 aromatic carbocycles. The third-order valence-electron chi connectivity index (χ3n) is 12.5. The highest BCUT2D eigenvalue weighted by Crippen LogP contribution is 2.42. The van der Waals surface area contributed by atoms with Crippen molar-refractivity contribution in [3.8, 4) is 11.1 Å². The van der Waals surface area contributed by atoms with Crippen LogP contribution in [0.15, 0.2) is 97.1 Å². The molecule has 2 saturated heterocycles. The number of carbonyl (C=O) groups is 3. The Hall–Kier alpha value is -5.07. The fraction of sp³-hybridized carbons (Fsp3) is 0.471. The third-order valence-corrected chi connectivity index (χ3v) is 12.5. The van der Waals surface area contributed by atoms with E-state index in [0.717, 1.165) is 52.6 Å². The lowest BCUT2D eigenvalue weighted by Gasteiger charge is -2.50. The van der Waals surface area contributed by atoms with Gasteiger partial charge in [0.25, 0.3) is 0 Å². The van der Waals surface area contributed by atoms with Crippen molar-refractivity contribution >= 4 is 29.1 Å². The molecule has 0 unspecified atom stereocenters. The lowest BCUT2D eigenvalue weighted by atomic mass is 9.75. The molecule has 11 heteroatoms. The Morgan fingerprint density at radius 3 is 2.26 bits per heavy atom. The van der Waals surface area contributed by atoms with Gasteiger partial charge in [-0.15, -0.1) is 0 Å². The number of rotatable bonds is 15. The monoisotopic (exact) mass is 843 g/mol. The summed E-state index contributed by atoms with van der Waals surface area (Å²) in [6.07, 6.45) is 8.06. The second kappa shape index (κ2) is 20.9. The Bertz CT molecular complexity index is 2140. The Morgan fingerprint density at radius 1 is 0.774 bits per heavy atom. The fourth-order valence-corrected chi connectivity index (χ4v) is 9.41. The zero-order valence-electron chi connectivity index (χ0n) is 36.6. The Balaban J connectivity index is 1.02. The van der Waals surface area contributed by atoms with E-state index >= 15 is 0 Å². The lowest BCUT2D eigenvalue weighted by molar-refractivity contribution is -0.255. The van der Waals surface area contributed by atoms with Gasteiger partial charge in [0.2, 0.25) is 17.7 Å². The summed E-state index contributed by atoms with van der Waals surface area (Å²) in [6.45, 7) is 7.14. The number of ether oxygens (including phenoxy) is 2. The number of fused-ring (bicyclic) bond motifs is 1. The number of hydrogen-bond donors (Lipinski definition) is 5. The molecule has 330 valence electrons. The average Bonchev–Trinajstić information content (AvgIpc) is 3.27. The predicted molar refractivity (Wildman–Crippen MR) is 243 cm³/mol. The van der Waals surface area contributed by atoms with Crippen LogP contribution in [0.1, 0.15) is 126 Å². The predicted octanol–water partition coefficient (Wildman–Crippen LogP) is 8.73. The molecule has 6 N–H and O–H groups in total. The smallest absolute Gasteiger partial charge is 0.237 e. The first-order valence-corrected chi connectivity index (χ1v) is 22.6. The number of nitrogens with zero attached hydrogens (tertiary/aromatic N) is 1. The van der Waals surface area contributed by atoms with Gasteiger partial charge in [-0.3, -0.25) is 19.3 Å². The van der Waals surface area contributed by atoms with Gasteiger partial charge in [0.15, 0.2) is 6.29 Å². The van der Waals surface area contributed by atoms with E-state index in [9.17, 15) is 19.5 Å². The number of aliphatic hydroxyl groups is 1. The summed E-state index contributed by atoms with van der Waals surface area (Å²) in [4.78, 5) is 41.5. The summed E-state index contributed by atoms with van der Waals surface area (Å²) >= 11 is 0. The molecule has 0 bridgehead atoms. The van der Waals surface area contributed by atoms with Crippen LogP contribution in [0.4, 0.5) is 11.4 Å². The summed E-state index contributed by atoms with van der Waals surface area (Å²) in [5, 5.41) is 18.9. The van der Waals surface area contributed by atoms with Crippen LogP contribution < -0.4 is 21.7 Å². The van der Waals surface area contributed by atoms with E-state index < -0.39 is 6.29 Å². The van der Waals surface area contributed by atoms with E-state index in [1.807, 2.05) is 81.4 Å². The molecule has 3 amide bonds. The van der Waals surface area contributed by atoms with E-state index in [0.29, 0.717) is 68.5 Å². The molecule has 0 spiro atoms. The van der Waals surface area contributed by atoms with Gasteiger partial charge in [-0.2, -0.15) is 0 Å². The zero-order chi connectivity index (χ0) is 43.6. The lowest BCUT2D eigenvalue weighted by Crippen LogP contribution is -2.61. The number of aliphatic hydroxyl groups excluding tert-OH is 1. The zero-order valence-corrected chi connectivity index (χ0v) is 36.6. The molecule has 0 radical (unpaired) electrons. The minimum absolute atomic E-state index is 0.0238. The number of piperidine rings is 1. The van der Waals surface area contributed by atoms with Crippen LogP contribution in [0.5, 0.6) is 0 Å². The number of amides is 3. The summed E-state index contributed by atoms with van der Waals surface area (Å²) in [5.41, 5.74) is 12.5. The van der Waals surface area contributed by atoms with E-state index in [4.69, 9.17) is 15.2 Å². The highest BCUT2D eigenvalue weighted by Gasteiger charge is 2.44. The Morgan fingerprint density at radius 2 is 1.50 bits per heavy atom. The first kappa shape index (κ1) is 45.0. The van der Waals surface area contributed by atoms with Crippen molar-refractivity contribution in [3.63, 3.8) is 0 Å². The Labute approximate surface area is 367 Å². The van der Waals surface area contributed by atoms with E-state index in [2.05, 4.69) is 45.1 Å². The molecule has 0 aromatic heterocycles. The van der Waals surface area contributed by atoms with Crippen LogP contribution in [0, 0.1) is 5.92 Å². The molecule has 4 aromatic rings. The topological polar surface area (TPSA) is 155 Å². The van der Waals surface area contributed by atoms with Crippen molar-refractivity contribution in [1.82, 2.24) is 15.5 Å². The van der Waals surface area contributed by atoms with Gasteiger partial charge in [-0.25, -0.2) is 0 Å². The van der Waals surface area contributed by atoms with Gasteiger partial charge < -0.3 is 36.3 Å². The van der Waals surface area contributed by atoms with Gasteiger partial charge in [0, 0.05) is 49.5 Å². The summed E-state index contributed by atoms with van der Waals surface area (Å²) in [6, 6.07) is 31.7. The van der Waals surface area contributed by atoms with Gasteiger partial charge >= 0.3 is 0 Å². The molecule has 2 aliphatic heterocycles. The number of hydrogen-bond acceptors (Lipinski definition) is 8. The number of carbonyl (C=O) groups excluding carboxylic acids is 3. The number of anilines is 2. The van der Waals surface area contributed by atoms with Gasteiger partial charge in [-0.1, -0.05) is 85.6 Å². The molecular formula is C51H65N5O6. The Kier molecular flexibility index (Phi) is 15.1. The number of likely N-dealkylation sites (tertiary alicyclic amines) is 1. The SMILES string of the molecule is CC(C)(C)NC(=O)[C@H]1CC[C@H]2CCCC[C@H]2N1C[C@H]1C[C@@H](c2ccc(CO)cc2)O[C@@H](c2cccc(-c3cccc(CNC(=O)CCCCC(=O)Nc4ccccc4N)c3)c2)O1. The number of unbranched alkanes of at least 4 members (excludes halogenated alkanes) is 1. The van der Waals surface area contributed by atoms with E-state index in [1.165, 1.54) is 19.3 Å². The number of nitrogens with two attached hydrogens (primary N) is 1. The van der Waals surface area contributed by atoms with Crippen LogP contribution in [-0.2, 0) is 37.0 Å². The largest absolute Gasteiger partial charge is 0.397 e. The molecule has 1 aliphatic carbocycles. The summed E-state index contributed by atoms with van der Waals surface area (Å²) in [5.74, 6) is 0.510. The fourth-order valence-electron chi connectivity index (χ4n) is 9.41. The van der Waals surface area contributed by atoms with E-state index in [1.54, 1.807) is 12.1 Å². The van der Waals surface area contributed by atoms with Crippen LogP contribution in [0.25, 0.3) is 11.1 Å². The van der Waals surface area contributed by atoms with Crippen LogP contribution >= 0.6 is 0 Å². The van der Waals surface area contributed by atoms with Crippen molar-refractivity contribution in [3.05, 3.63) is 119 Å². The average molecular weight is 844 g/mol. The number of benzene rings is 4. The minimum atomic E-state index is -0.643. The first-order chi connectivity index (χ1) is 29.9. The maximum absolute atomic E-state index is 13.9. The van der Waals surface area contributed by atoms with Crippen molar-refractivity contribution in [2.45, 2.75) is 141 Å². The maximum Gasteiger partial charge on any atom is 0.237 e. The highest BCUT2D eigenvalue weighted by atomic mass is 16.7. The molecule has 3 fully saturated rings. The number of para-hydroxylation sites is 2. The molecule has 2 heterocycles. The normalized spacial score (nSPS) is 22.9. The molecule has 7 rings (SSSR count). The van der Waals surface area contributed by atoms with Gasteiger partial charge in [-0.05, 0) is 117 Å². The third kappa shape index (κ3) is 12.1. The van der Waals surface area contributed by atoms with Crippen molar-refractivity contribution < 1.29 is 29.0 Å².